The number of fused-ring (bicyclic) bond motifs is 20. The molecule has 2 aliphatic rings. The van der Waals surface area contributed by atoms with Crippen molar-refractivity contribution in [3.63, 3.8) is 0 Å². The molecule has 0 saturated heterocycles. The number of aromatic amines is 2. The van der Waals surface area contributed by atoms with E-state index in [0.717, 1.165) is 16.8 Å². The first kappa shape index (κ1) is 32.8. The van der Waals surface area contributed by atoms with Crippen LogP contribution < -0.4 is 0 Å². The number of rotatable bonds is 3. The van der Waals surface area contributed by atoms with Gasteiger partial charge in [0, 0.05) is 75.8 Å². The highest BCUT2D eigenvalue weighted by Gasteiger charge is 2.37. The average Bonchev–Trinajstić information content (AvgIpc) is 3.82. The van der Waals surface area contributed by atoms with Gasteiger partial charge in [-0.1, -0.05) is 72.8 Å². The summed E-state index contributed by atoms with van der Waals surface area (Å²) < 4.78 is 78.3. The molecule has 5 heterocycles. The van der Waals surface area contributed by atoms with Crippen LogP contribution in [0.15, 0.2) is 93.5 Å². The second-order valence-electron chi connectivity index (χ2n) is 11.5. The van der Waals surface area contributed by atoms with Gasteiger partial charge >= 0.3 is 0 Å². The van der Waals surface area contributed by atoms with Gasteiger partial charge in [-0.15, -0.1) is 0 Å². The topological polar surface area (TPSA) is 211 Å². The molecular weight excluding hydrogens is 795 g/mol. The van der Waals surface area contributed by atoms with Crippen molar-refractivity contribution in [3.05, 3.63) is 78.9 Å². The highest BCUT2D eigenvalue weighted by atomic mass is 35.7. The van der Waals surface area contributed by atoms with Crippen LogP contribution in [0.5, 0.6) is 0 Å². The van der Waals surface area contributed by atoms with Gasteiger partial charge in [-0.2, -0.15) is 0 Å². The molecule has 0 unspecified atom stereocenters. The minimum atomic E-state index is -5.16. The first-order valence-electron chi connectivity index (χ1n) is 14.8. The van der Waals surface area contributed by atoms with E-state index in [-0.39, 0.29) is 40.0 Å². The summed E-state index contributed by atoms with van der Waals surface area (Å²) in [6.07, 6.45) is 0. The summed E-state index contributed by atoms with van der Waals surface area (Å²) in [6.45, 7) is 0. The van der Waals surface area contributed by atoms with Crippen molar-refractivity contribution >= 4 is 103 Å². The average molecular weight is 810 g/mol. The lowest BCUT2D eigenvalue weighted by Gasteiger charge is -2.10. The number of hydrogen-bond donors (Lipinski definition) is 2. The van der Waals surface area contributed by atoms with Crippen molar-refractivity contribution in [3.8, 4) is 45.6 Å². The number of benzene rings is 4. The van der Waals surface area contributed by atoms with E-state index in [1.54, 1.807) is 48.5 Å². The Morgan fingerprint density at radius 1 is 0.423 bits per heavy atom. The Bertz CT molecular complexity index is 3300. The fourth-order valence-corrected chi connectivity index (χ4v) is 11.6. The Kier molecular flexibility index (Phi) is 7.09. The third kappa shape index (κ3) is 5.14. The van der Waals surface area contributed by atoms with Gasteiger partial charge in [0.1, 0.15) is 37.3 Å². The van der Waals surface area contributed by atoms with Gasteiger partial charge in [0.15, 0.2) is 23.3 Å². The van der Waals surface area contributed by atoms with Crippen LogP contribution in [0.25, 0.3) is 89.7 Å². The summed E-state index contributed by atoms with van der Waals surface area (Å²) in [5.74, 6) is 0.641. The molecule has 2 N–H and O–H groups in total. The third-order valence-electron chi connectivity index (χ3n) is 8.47. The fourth-order valence-electron chi connectivity index (χ4n) is 6.37. The largest absolute Gasteiger partial charge is 0.324 e. The molecule has 0 spiro atoms. The van der Waals surface area contributed by atoms with Crippen LogP contribution in [-0.2, 0) is 27.2 Å². The fraction of sp³-hybridized carbons (Fsp3) is 0. The number of H-pyrrole nitrogens is 2. The number of halogens is 3. The first-order valence-corrected chi connectivity index (χ1v) is 21.7. The number of nitrogens with zero attached hydrogens (tertiary/aromatic N) is 6. The SMILES string of the molecule is O=S(=O)(Cl)c1cc2c3nc4nc(nc5[nH]c(nc6nc(nc([nH]3)c2c(S(=O)(=O)Cl)c1S(=O)(=O)Cl)-c1ccccc1-6)c1ccccc51)-c1ccccc1-4. The molecule has 0 amide bonds. The molecule has 2 aliphatic heterocycles. The number of nitrogens with one attached hydrogen (secondary N) is 2. The van der Waals surface area contributed by atoms with Gasteiger partial charge in [0.05, 0.1) is 0 Å². The highest BCUT2D eigenvalue weighted by molar-refractivity contribution is 8.17. The van der Waals surface area contributed by atoms with Crippen LogP contribution >= 0.6 is 32.0 Å². The maximum absolute atomic E-state index is 13.3. The van der Waals surface area contributed by atoms with Gasteiger partial charge < -0.3 is 9.97 Å². The molecule has 14 nitrogen and oxygen atoms in total. The molecule has 20 heteroatoms. The summed E-state index contributed by atoms with van der Waals surface area (Å²) in [4.78, 5) is 31.0. The van der Waals surface area contributed by atoms with E-state index in [9.17, 15) is 25.3 Å². The molecule has 52 heavy (non-hydrogen) atoms. The van der Waals surface area contributed by atoms with Gasteiger partial charge in [-0.25, -0.2) is 55.2 Å². The normalized spacial score (nSPS) is 13.0. The molecule has 0 saturated carbocycles. The summed E-state index contributed by atoms with van der Waals surface area (Å²) in [7, 11) is 2.04. The van der Waals surface area contributed by atoms with Crippen molar-refractivity contribution in [1.82, 2.24) is 39.9 Å². The predicted molar refractivity (Wildman–Crippen MR) is 195 cm³/mol. The standard InChI is InChI=1S/C32H15Cl3N8O6S3/c33-50(44,45)21-13-20-22(24(52(35,48)49)23(21)51(34,46)47)32-42-30-19-12-6-5-11-18(19)28(40-30)38-26-15-8-2-1-7-14(15)25(36-26)37-27-16-9-3-4-10-17(16)29(39-27)41-31(20)43-32/h1-13H,(H2,36,37,38,39,40,41,42,43). The lowest BCUT2D eigenvalue weighted by molar-refractivity contribution is 0.590. The van der Waals surface area contributed by atoms with Crippen LogP contribution in [0.4, 0.5) is 0 Å². The Hall–Kier alpha value is -5.04. The van der Waals surface area contributed by atoms with Gasteiger partial charge in [-0.3, -0.25) is 0 Å². The highest BCUT2D eigenvalue weighted by Crippen LogP contribution is 2.43. The van der Waals surface area contributed by atoms with E-state index in [1.807, 2.05) is 24.3 Å². The lowest BCUT2D eigenvalue weighted by atomic mass is 10.1. The minimum Gasteiger partial charge on any atom is -0.324 e. The molecule has 4 aromatic carbocycles. The van der Waals surface area contributed by atoms with E-state index in [1.165, 1.54) is 0 Å². The number of hydrogen-bond acceptors (Lipinski definition) is 12. The predicted octanol–water partition coefficient (Wildman–Crippen LogP) is 6.65. The Morgan fingerprint density at radius 3 is 1.19 bits per heavy atom. The second kappa shape index (κ2) is 11.2. The molecule has 0 aliphatic carbocycles. The van der Waals surface area contributed by atoms with Crippen molar-refractivity contribution in [2.45, 2.75) is 14.7 Å². The molecule has 0 radical (unpaired) electrons. The van der Waals surface area contributed by atoms with Crippen molar-refractivity contribution < 1.29 is 25.3 Å². The maximum Gasteiger partial charge on any atom is 0.264 e. The second-order valence-corrected chi connectivity index (χ2v) is 19.1. The number of aromatic nitrogens is 8. The van der Waals surface area contributed by atoms with Crippen molar-refractivity contribution in [1.29, 1.82) is 0 Å². The zero-order valence-corrected chi connectivity index (χ0v) is 30.2. The molecular formula is C32H15Cl3N8O6S3. The first-order chi connectivity index (χ1) is 24.7. The van der Waals surface area contributed by atoms with Crippen LogP contribution in [-0.4, -0.2) is 65.1 Å². The summed E-state index contributed by atoms with van der Waals surface area (Å²) in [5.41, 5.74) is 2.59. The van der Waals surface area contributed by atoms with Crippen molar-refractivity contribution in [2.24, 2.45) is 0 Å². The molecule has 8 bridgehead atoms. The summed E-state index contributed by atoms with van der Waals surface area (Å²) in [5, 5.41) is 0.809. The zero-order valence-electron chi connectivity index (χ0n) is 25.5. The molecule has 7 aromatic rings. The van der Waals surface area contributed by atoms with E-state index in [4.69, 9.17) is 52.0 Å². The molecule has 9 rings (SSSR count). The van der Waals surface area contributed by atoms with Gasteiger partial charge in [0.2, 0.25) is 0 Å². The van der Waals surface area contributed by atoms with Crippen LogP contribution in [0.3, 0.4) is 0 Å². The Morgan fingerprint density at radius 2 is 0.788 bits per heavy atom. The maximum atomic E-state index is 13.3. The molecule has 0 atom stereocenters. The quantitative estimate of drug-likeness (QED) is 0.180. The van der Waals surface area contributed by atoms with E-state index >= 15 is 0 Å². The minimum absolute atomic E-state index is 0.0401. The van der Waals surface area contributed by atoms with Crippen LogP contribution in [0, 0.1) is 0 Å². The van der Waals surface area contributed by atoms with E-state index in [0.29, 0.717) is 33.5 Å². The van der Waals surface area contributed by atoms with Crippen LogP contribution in [0.1, 0.15) is 0 Å². The lowest BCUT2D eigenvalue weighted by Crippen LogP contribution is -2.08. The van der Waals surface area contributed by atoms with Crippen LogP contribution in [0.2, 0.25) is 0 Å². The van der Waals surface area contributed by atoms with Gasteiger partial charge in [0.25, 0.3) is 27.2 Å². The van der Waals surface area contributed by atoms with Gasteiger partial charge in [-0.05, 0) is 6.07 Å². The Labute approximate surface area is 305 Å². The Balaban J connectivity index is 1.58. The third-order valence-corrected chi connectivity index (χ3v) is 12.8. The molecule has 258 valence electrons. The van der Waals surface area contributed by atoms with E-state index < -0.39 is 47.2 Å². The summed E-state index contributed by atoms with van der Waals surface area (Å²) >= 11 is 0. The summed E-state index contributed by atoms with van der Waals surface area (Å²) in [6, 6.07) is 22.4. The molecule has 0 fully saturated rings. The smallest absolute Gasteiger partial charge is 0.264 e. The zero-order chi connectivity index (χ0) is 36.3. The van der Waals surface area contributed by atoms with E-state index in [2.05, 4.69) is 19.9 Å². The molecule has 3 aromatic heterocycles. The monoisotopic (exact) mass is 808 g/mol. The van der Waals surface area contributed by atoms with Crippen molar-refractivity contribution in [2.75, 3.05) is 0 Å².